The molecular weight excluding hydrogens is 259 g/mol. The number of carbonyl (C=O) groups excluding carboxylic acids is 1. The molecule has 0 saturated carbocycles. The van der Waals surface area contributed by atoms with E-state index in [-0.39, 0.29) is 23.4 Å². The van der Waals surface area contributed by atoms with Crippen LogP contribution in [-0.2, 0) is 4.79 Å². The molecule has 1 aliphatic carbocycles. The number of halogens is 2. The molecule has 0 aliphatic heterocycles. The van der Waals surface area contributed by atoms with Crippen molar-refractivity contribution in [3.05, 3.63) is 45.6 Å². The van der Waals surface area contributed by atoms with E-state index < -0.39 is 0 Å². The predicted octanol–water partition coefficient (Wildman–Crippen LogP) is 4.13. The smallest absolute Gasteiger partial charge is 0.159 e. The number of aliphatic hydroxyl groups is 1. The molecule has 0 heterocycles. The van der Waals surface area contributed by atoms with Gasteiger partial charge in [-0.3, -0.25) is 4.79 Å². The molecule has 2 nitrogen and oxygen atoms in total. The SMILES string of the molecule is CC1C(O)=CC(=O)CC1c1ccc(Cl)cc1Cl. The maximum atomic E-state index is 11.5. The Morgan fingerprint density at radius 1 is 1.35 bits per heavy atom. The van der Waals surface area contributed by atoms with Gasteiger partial charge in [0, 0.05) is 34.4 Å². The van der Waals surface area contributed by atoms with Crippen LogP contribution < -0.4 is 0 Å². The van der Waals surface area contributed by atoms with Crippen molar-refractivity contribution < 1.29 is 9.90 Å². The molecule has 2 atom stereocenters. The maximum Gasteiger partial charge on any atom is 0.159 e. The van der Waals surface area contributed by atoms with Crippen molar-refractivity contribution in [3.8, 4) is 0 Å². The Labute approximate surface area is 110 Å². The van der Waals surface area contributed by atoms with Crippen molar-refractivity contribution in [2.45, 2.75) is 19.3 Å². The normalized spacial score (nSPS) is 24.6. The van der Waals surface area contributed by atoms with Crippen LogP contribution in [0.25, 0.3) is 0 Å². The fraction of sp³-hybridized carbons (Fsp3) is 0.308. The average molecular weight is 271 g/mol. The standard InChI is InChI=1S/C13H12Cl2O2/c1-7-11(5-9(16)6-13(7)17)10-3-2-8(14)4-12(10)15/h2-4,6-7,11,17H,5H2,1H3. The fourth-order valence-electron chi connectivity index (χ4n) is 2.14. The highest BCUT2D eigenvalue weighted by Gasteiger charge is 2.30. The minimum Gasteiger partial charge on any atom is -0.512 e. The fourth-order valence-corrected chi connectivity index (χ4v) is 2.69. The highest BCUT2D eigenvalue weighted by Crippen LogP contribution is 2.39. The lowest BCUT2D eigenvalue weighted by Crippen LogP contribution is -2.21. The Bertz CT molecular complexity index is 494. The van der Waals surface area contributed by atoms with E-state index in [0.717, 1.165) is 5.56 Å². The molecule has 0 spiro atoms. The number of benzene rings is 1. The van der Waals surface area contributed by atoms with E-state index in [9.17, 15) is 9.90 Å². The Morgan fingerprint density at radius 2 is 2.06 bits per heavy atom. The Balaban J connectivity index is 2.40. The van der Waals surface area contributed by atoms with Crippen molar-refractivity contribution in [1.82, 2.24) is 0 Å². The lowest BCUT2D eigenvalue weighted by atomic mass is 9.78. The van der Waals surface area contributed by atoms with Crippen molar-refractivity contribution in [2.24, 2.45) is 5.92 Å². The van der Waals surface area contributed by atoms with Crippen LogP contribution in [0.15, 0.2) is 30.0 Å². The van der Waals surface area contributed by atoms with Gasteiger partial charge in [0.15, 0.2) is 5.78 Å². The van der Waals surface area contributed by atoms with Gasteiger partial charge < -0.3 is 5.11 Å². The lowest BCUT2D eigenvalue weighted by molar-refractivity contribution is -0.116. The zero-order valence-electron chi connectivity index (χ0n) is 9.28. The van der Waals surface area contributed by atoms with Gasteiger partial charge in [0.25, 0.3) is 0 Å². The molecule has 4 heteroatoms. The molecule has 0 saturated heterocycles. The Morgan fingerprint density at radius 3 is 2.71 bits per heavy atom. The quantitative estimate of drug-likeness (QED) is 0.833. The molecule has 1 aromatic carbocycles. The second-order valence-electron chi connectivity index (χ2n) is 4.30. The number of rotatable bonds is 1. The molecule has 0 aromatic heterocycles. The summed E-state index contributed by atoms with van der Waals surface area (Å²) in [6, 6.07) is 5.22. The van der Waals surface area contributed by atoms with Crippen molar-refractivity contribution >= 4 is 29.0 Å². The van der Waals surface area contributed by atoms with Crippen LogP contribution in [0.3, 0.4) is 0 Å². The highest BCUT2D eigenvalue weighted by atomic mass is 35.5. The highest BCUT2D eigenvalue weighted by molar-refractivity contribution is 6.35. The number of hydrogen-bond acceptors (Lipinski definition) is 2. The Kier molecular flexibility index (Phi) is 3.45. The van der Waals surface area contributed by atoms with Crippen LogP contribution >= 0.6 is 23.2 Å². The van der Waals surface area contributed by atoms with E-state index in [1.807, 2.05) is 13.0 Å². The van der Waals surface area contributed by atoms with Gasteiger partial charge in [0.05, 0.1) is 5.76 Å². The van der Waals surface area contributed by atoms with Gasteiger partial charge in [-0.2, -0.15) is 0 Å². The van der Waals surface area contributed by atoms with E-state index in [1.54, 1.807) is 12.1 Å². The number of aliphatic hydroxyl groups excluding tert-OH is 1. The molecular formula is C13H12Cl2O2. The summed E-state index contributed by atoms with van der Waals surface area (Å²) >= 11 is 12.0. The Hall–Kier alpha value is -0.990. The zero-order valence-corrected chi connectivity index (χ0v) is 10.8. The molecule has 1 N–H and O–H groups in total. The second kappa shape index (κ2) is 4.71. The molecule has 17 heavy (non-hydrogen) atoms. The summed E-state index contributed by atoms with van der Waals surface area (Å²) in [4.78, 5) is 11.5. The second-order valence-corrected chi connectivity index (χ2v) is 5.14. The first-order chi connectivity index (χ1) is 7.99. The first-order valence-electron chi connectivity index (χ1n) is 5.37. The summed E-state index contributed by atoms with van der Waals surface area (Å²) in [6.07, 6.45) is 1.66. The van der Waals surface area contributed by atoms with Crippen LogP contribution in [0.1, 0.15) is 24.8 Å². The van der Waals surface area contributed by atoms with Gasteiger partial charge in [-0.15, -0.1) is 0 Å². The predicted molar refractivity (Wildman–Crippen MR) is 68.7 cm³/mol. The number of carbonyl (C=O) groups is 1. The van der Waals surface area contributed by atoms with Gasteiger partial charge in [-0.1, -0.05) is 36.2 Å². The van der Waals surface area contributed by atoms with E-state index in [2.05, 4.69) is 0 Å². The summed E-state index contributed by atoms with van der Waals surface area (Å²) in [5.74, 6) is -0.141. The third kappa shape index (κ3) is 2.48. The monoisotopic (exact) mass is 270 g/mol. The molecule has 1 aromatic rings. The van der Waals surface area contributed by atoms with E-state index >= 15 is 0 Å². The van der Waals surface area contributed by atoms with Crippen molar-refractivity contribution in [2.75, 3.05) is 0 Å². The van der Waals surface area contributed by atoms with Crippen LogP contribution in [0.2, 0.25) is 10.0 Å². The molecule has 0 fully saturated rings. The lowest BCUT2D eigenvalue weighted by Gasteiger charge is -2.27. The molecule has 0 amide bonds. The minimum absolute atomic E-state index is 0.0726. The van der Waals surface area contributed by atoms with E-state index in [4.69, 9.17) is 23.2 Å². The molecule has 0 bridgehead atoms. The summed E-state index contributed by atoms with van der Waals surface area (Å²) < 4.78 is 0. The van der Waals surface area contributed by atoms with Crippen LogP contribution in [0, 0.1) is 5.92 Å². The van der Waals surface area contributed by atoms with Crippen LogP contribution in [0.5, 0.6) is 0 Å². The van der Waals surface area contributed by atoms with Gasteiger partial charge in [-0.05, 0) is 17.7 Å². The van der Waals surface area contributed by atoms with Crippen molar-refractivity contribution in [3.63, 3.8) is 0 Å². The van der Waals surface area contributed by atoms with Crippen LogP contribution in [0.4, 0.5) is 0 Å². The zero-order chi connectivity index (χ0) is 12.6. The number of allylic oxidation sites excluding steroid dienone is 2. The average Bonchev–Trinajstić information content (AvgIpc) is 2.24. The topological polar surface area (TPSA) is 37.3 Å². The van der Waals surface area contributed by atoms with Gasteiger partial charge >= 0.3 is 0 Å². The largest absolute Gasteiger partial charge is 0.512 e. The van der Waals surface area contributed by atoms with Gasteiger partial charge in [0.2, 0.25) is 0 Å². The minimum atomic E-state index is -0.105. The maximum absolute atomic E-state index is 11.5. The summed E-state index contributed by atoms with van der Waals surface area (Å²) in [5, 5.41) is 10.8. The molecule has 0 radical (unpaired) electrons. The van der Waals surface area contributed by atoms with E-state index in [0.29, 0.717) is 16.5 Å². The van der Waals surface area contributed by atoms with E-state index in [1.165, 1.54) is 6.08 Å². The first kappa shape index (κ1) is 12.5. The van der Waals surface area contributed by atoms with Crippen LogP contribution in [-0.4, -0.2) is 10.9 Å². The molecule has 1 aliphatic rings. The van der Waals surface area contributed by atoms with Gasteiger partial charge in [-0.25, -0.2) is 0 Å². The number of hydrogen-bond donors (Lipinski definition) is 1. The summed E-state index contributed by atoms with van der Waals surface area (Å²) in [5.41, 5.74) is 0.858. The number of ketones is 1. The molecule has 2 rings (SSSR count). The first-order valence-corrected chi connectivity index (χ1v) is 6.13. The molecule has 90 valence electrons. The third-order valence-electron chi connectivity index (χ3n) is 3.16. The third-order valence-corrected chi connectivity index (χ3v) is 3.72. The van der Waals surface area contributed by atoms with Crippen molar-refractivity contribution in [1.29, 1.82) is 0 Å². The summed E-state index contributed by atoms with van der Waals surface area (Å²) in [7, 11) is 0. The van der Waals surface area contributed by atoms with Gasteiger partial charge in [0.1, 0.15) is 0 Å². The molecule has 2 unspecified atom stereocenters. The summed E-state index contributed by atoms with van der Waals surface area (Å²) in [6.45, 7) is 1.88.